The number of amides is 1. The van der Waals surface area contributed by atoms with E-state index in [1.54, 1.807) is 23.2 Å². The normalized spacial score (nSPS) is 19.5. The molecule has 3 rings (SSSR count). The van der Waals surface area contributed by atoms with E-state index in [4.69, 9.17) is 5.73 Å². The van der Waals surface area contributed by atoms with Gasteiger partial charge in [0.1, 0.15) is 11.6 Å². The molecule has 2 aliphatic heterocycles. The average molecular weight is 512 g/mol. The molecular weight excluding hydrogens is 473 g/mol. The molecule has 37 heavy (non-hydrogen) atoms. The van der Waals surface area contributed by atoms with E-state index in [-0.39, 0.29) is 24.6 Å². The van der Waals surface area contributed by atoms with Gasteiger partial charge in [0, 0.05) is 57.5 Å². The maximum atomic E-state index is 15.6. The number of carbonyl (C=O) groups excluding carboxylic acids is 1. The van der Waals surface area contributed by atoms with Gasteiger partial charge in [0.25, 0.3) is 5.91 Å². The number of hydrogen-bond acceptors (Lipinski definition) is 8. The lowest BCUT2D eigenvalue weighted by Crippen LogP contribution is -2.54. The van der Waals surface area contributed by atoms with E-state index in [1.165, 1.54) is 18.5 Å². The highest BCUT2D eigenvalue weighted by Gasteiger charge is 2.44. The zero-order valence-electron chi connectivity index (χ0n) is 21.3. The molecule has 0 saturated carbocycles. The minimum Gasteiger partial charge on any atom is -0.511 e. The highest BCUT2D eigenvalue weighted by atomic mass is 19.1. The number of pyridine rings is 1. The van der Waals surface area contributed by atoms with Crippen LogP contribution in [0.1, 0.15) is 25.7 Å². The van der Waals surface area contributed by atoms with Crippen molar-refractivity contribution in [1.29, 1.82) is 0 Å². The highest BCUT2D eigenvalue weighted by molar-refractivity contribution is 5.98. The Morgan fingerprint density at radius 1 is 1.30 bits per heavy atom. The fourth-order valence-electron chi connectivity index (χ4n) is 4.57. The van der Waals surface area contributed by atoms with Gasteiger partial charge in [-0.3, -0.25) is 14.7 Å². The predicted octanol–water partition coefficient (Wildman–Crippen LogP) is 3.39. The van der Waals surface area contributed by atoms with E-state index in [9.17, 15) is 9.90 Å². The number of nitrogens with two attached hydrogens (primary N) is 1. The number of aromatic nitrogens is 1. The second-order valence-corrected chi connectivity index (χ2v) is 9.26. The zero-order chi connectivity index (χ0) is 26.7. The molecule has 0 unspecified atom stereocenters. The molecule has 10 heteroatoms. The van der Waals surface area contributed by atoms with Gasteiger partial charge in [-0.05, 0) is 49.4 Å². The quantitative estimate of drug-likeness (QED) is 0.204. The molecule has 0 spiro atoms. The lowest BCUT2D eigenvalue weighted by atomic mass is 9.90. The van der Waals surface area contributed by atoms with Gasteiger partial charge in [0.15, 0.2) is 5.67 Å². The van der Waals surface area contributed by atoms with Crippen molar-refractivity contribution < 1.29 is 14.3 Å². The third kappa shape index (κ3) is 7.91. The summed E-state index contributed by atoms with van der Waals surface area (Å²) in [6, 6.07) is 3.91. The summed E-state index contributed by atoms with van der Waals surface area (Å²) in [6.07, 6.45) is 10.9. The summed E-state index contributed by atoms with van der Waals surface area (Å²) in [6.45, 7) is 9.97. The maximum absolute atomic E-state index is 15.6. The second kappa shape index (κ2) is 13.6. The van der Waals surface area contributed by atoms with Crippen LogP contribution >= 0.6 is 0 Å². The Balaban J connectivity index is 1.49. The van der Waals surface area contributed by atoms with Gasteiger partial charge in [0.2, 0.25) is 0 Å². The van der Waals surface area contributed by atoms with Gasteiger partial charge in [-0.1, -0.05) is 13.2 Å². The number of aliphatic hydroxyl groups is 1. The molecule has 9 nitrogen and oxygen atoms in total. The first-order chi connectivity index (χ1) is 17.9. The van der Waals surface area contributed by atoms with Gasteiger partial charge >= 0.3 is 0 Å². The fraction of sp³-hybridized carbons (Fsp3) is 0.444. The molecule has 0 aromatic carbocycles. The van der Waals surface area contributed by atoms with Crippen LogP contribution in [0.3, 0.4) is 0 Å². The Kier molecular flexibility index (Phi) is 10.3. The van der Waals surface area contributed by atoms with Crippen LogP contribution in [0.25, 0.3) is 0 Å². The van der Waals surface area contributed by atoms with Crippen LogP contribution in [-0.4, -0.2) is 82.5 Å². The number of rotatable bonds is 11. The monoisotopic (exact) mass is 511 g/mol. The first kappa shape index (κ1) is 27.9. The third-order valence-electron chi connectivity index (χ3n) is 6.70. The molecular formula is C27H38FN7O2. The number of hydrogen-bond donors (Lipinski definition) is 4. The van der Waals surface area contributed by atoms with Gasteiger partial charge in [0.05, 0.1) is 24.5 Å². The largest absolute Gasteiger partial charge is 0.511 e. The Bertz CT molecular complexity index is 1020. The topological polar surface area (TPSA) is 119 Å². The van der Waals surface area contributed by atoms with E-state index in [0.717, 1.165) is 17.2 Å². The number of nitrogens with one attached hydrogen (secondary N) is 2. The van der Waals surface area contributed by atoms with Gasteiger partial charge < -0.3 is 26.4 Å². The number of likely N-dealkylation sites (tertiary alicyclic amines) is 2. The summed E-state index contributed by atoms with van der Waals surface area (Å²) >= 11 is 0. The van der Waals surface area contributed by atoms with Gasteiger partial charge in [-0.2, -0.15) is 0 Å². The summed E-state index contributed by atoms with van der Waals surface area (Å²) in [5.41, 5.74) is 5.02. The van der Waals surface area contributed by atoms with Crippen molar-refractivity contribution in [3.8, 4) is 0 Å². The van der Waals surface area contributed by atoms with Crippen molar-refractivity contribution in [2.45, 2.75) is 37.4 Å². The minimum atomic E-state index is -1.86. The third-order valence-corrected chi connectivity index (χ3v) is 6.70. The van der Waals surface area contributed by atoms with Crippen LogP contribution in [0.5, 0.6) is 0 Å². The number of aliphatic imine (C=N–C) groups is 1. The van der Waals surface area contributed by atoms with Crippen molar-refractivity contribution >= 4 is 23.1 Å². The molecule has 5 N–H and O–H groups in total. The number of carbonyl (C=O) groups is 1. The smallest absolute Gasteiger partial charge is 0.260 e. The van der Waals surface area contributed by atoms with Crippen LogP contribution in [0, 0.1) is 0 Å². The predicted molar refractivity (Wildman–Crippen MR) is 147 cm³/mol. The SMILES string of the molecule is C=CN=C(C=C)CNc1cccnc1NC1CCN(C(=O)C2(F)CCN(C/C(O)=C/C=C/N)CC2)CC1. The van der Waals surface area contributed by atoms with Gasteiger partial charge in [-0.25, -0.2) is 9.37 Å². The van der Waals surface area contributed by atoms with E-state index in [1.807, 2.05) is 17.0 Å². The number of allylic oxidation sites excluding steroid dienone is 2. The Hall–Kier alpha value is -3.66. The standard InChI is InChI=1S/C27H38FN7O2/c1-3-21(30-4-2)19-32-24-8-6-14-31-25(24)33-22-9-15-35(16-10-22)26(37)27(28)11-17-34(18-12-27)20-23(36)7-5-13-29/h3-8,13-14,22,32,36H,1-2,9-12,15-20,29H2,(H,31,33)/b13-5+,23-7-,30-21?. The molecule has 2 saturated heterocycles. The van der Waals surface area contributed by atoms with E-state index >= 15 is 4.39 Å². The molecule has 200 valence electrons. The Morgan fingerprint density at radius 3 is 2.68 bits per heavy atom. The first-order valence-corrected chi connectivity index (χ1v) is 12.6. The Morgan fingerprint density at radius 2 is 2.03 bits per heavy atom. The number of alkyl halides is 1. The molecule has 2 fully saturated rings. The molecule has 0 bridgehead atoms. The van der Waals surface area contributed by atoms with Crippen molar-refractivity contribution in [1.82, 2.24) is 14.8 Å². The molecule has 0 radical (unpaired) electrons. The van der Waals surface area contributed by atoms with E-state index in [0.29, 0.717) is 52.1 Å². The fourth-order valence-corrected chi connectivity index (χ4v) is 4.57. The highest BCUT2D eigenvalue weighted by Crippen LogP contribution is 2.31. The first-order valence-electron chi connectivity index (χ1n) is 12.6. The number of halogens is 1. The molecule has 0 atom stereocenters. The maximum Gasteiger partial charge on any atom is 0.260 e. The lowest BCUT2D eigenvalue weighted by Gasteiger charge is -2.40. The number of anilines is 2. The molecule has 1 amide bonds. The molecule has 3 heterocycles. The summed E-state index contributed by atoms with van der Waals surface area (Å²) in [7, 11) is 0. The lowest BCUT2D eigenvalue weighted by molar-refractivity contribution is -0.148. The van der Waals surface area contributed by atoms with Crippen molar-refractivity contribution in [2.75, 3.05) is 49.9 Å². The van der Waals surface area contributed by atoms with Crippen LogP contribution in [0.2, 0.25) is 0 Å². The van der Waals surface area contributed by atoms with E-state index < -0.39 is 11.6 Å². The Labute approximate surface area is 218 Å². The molecule has 1 aromatic rings. The van der Waals surface area contributed by atoms with Crippen LogP contribution in [0.4, 0.5) is 15.9 Å². The summed E-state index contributed by atoms with van der Waals surface area (Å²) < 4.78 is 15.6. The minimum absolute atomic E-state index is 0.120. The number of nitrogens with zero attached hydrogens (tertiary/aromatic N) is 4. The second-order valence-electron chi connectivity index (χ2n) is 9.26. The number of piperidine rings is 2. The molecule has 0 aliphatic carbocycles. The van der Waals surface area contributed by atoms with Crippen LogP contribution < -0.4 is 16.4 Å². The molecule has 1 aromatic heterocycles. The van der Waals surface area contributed by atoms with Gasteiger partial charge in [-0.15, -0.1) is 0 Å². The van der Waals surface area contributed by atoms with Crippen LogP contribution in [0.15, 0.2) is 72.9 Å². The summed E-state index contributed by atoms with van der Waals surface area (Å²) in [5, 5.41) is 16.7. The van der Waals surface area contributed by atoms with Crippen LogP contribution in [-0.2, 0) is 4.79 Å². The zero-order valence-corrected chi connectivity index (χ0v) is 21.3. The molecule has 2 aliphatic rings. The average Bonchev–Trinajstić information content (AvgIpc) is 2.92. The number of aliphatic hydroxyl groups excluding tert-OH is 1. The van der Waals surface area contributed by atoms with Crippen molar-refractivity contribution in [2.24, 2.45) is 10.7 Å². The summed E-state index contributed by atoms with van der Waals surface area (Å²) in [5.74, 6) is 0.462. The van der Waals surface area contributed by atoms with Crippen molar-refractivity contribution in [3.63, 3.8) is 0 Å². The summed E-state index contributed by atoms with van der Waals surface area (Å²) in [4.78, 5) is 25.3. The van der Waals surface area contributed by atoms with E-state index in [2.05, 4.69) is 33.8 Å². The van der Waals surface area contributed by atoms with Crippen molar-refractivity contribution in [3.05, 3.63) is 67.9 Å².